The van der Waals surface area contributed by atoms with Crippen LogP contribution in [0.5, 0.6) is 11.5 Å². The van der Waals surface area contributed by atoms with Crippen LogP contribution in [0.1, 0.15) is 0 Å². The highest BCUT2D eigenvalue weighted by Gasteiger charge is 2.18. The number of nitrogens with zero attached hydrogens (tertiary/aromatic N) is 1. The van der Waals surface area contributed by atoms with Gasteiger partial charge in [0, 0.05) is 34.1 Å². The normalized spacial score (nSPS) is 11.2. The van der Waals surface area contributed by atoms with Gasteiger partial charge in [-0.05, 0) is 45.0 Å². The summed E-state index contributed by atoms with van der Waals surface area (Å²) in [5.74, 6) is 1.68. The number of fused-ring (bicyclic) bond motifs is 3. The molecule has 0 spiro atoms. The molecule has 0 atom stereocenters. The Bertz CT molecular complexity index is 1840. The largest absolute Gasteiger partial charge is 0.455 e. The van der Waals surface area contributed by atoms with Crippen LogP contribution in [0, 0.1) is 0 Å². The molecule has 7 rings (SSSR count). The van der Waals surface area contributed by atoms with Gasteiger partial charge in [0.15, 0.2) is 0 Å². The van der Waals surface area contributed by atoms with Crippen molar-refractivity contribution >= 4 is 32.3 Å². The molecular formula is C35H23NO. The zero-order valence-electron chi connectivity index (χ0n) is 20.1. The average Bonchev–Trinajstić information content (AvgIpc) is 2.97. The Hall–Kier alpha value is -4.95. The minimum atomic E-state index is 0.828. The number of pyridine rings is 1. The van der Waals surface area contributed by atoms with Gasteiger partial charge in [0.05, 0.1) is 0 Å². The van der Waals surface area contributed by atoms with E-state index in [1.165, 1.54) is 21.9 Å². The summed E-state index contributed by atoms with van der Waals surface area (Å²) in [6, 6.07) is 44.3. The van der Waals surface area contributed by atoms with Crippen molar-refractivity contribution in [1.29, 1.82) is 0 Å². The Kier molecular flexibility index (Phi) is 5.15. The smallest absolute Gasteiger partial charge is 0.143 e. The minimum absolute atomic E-state index is 0.828. The zero-order chi connectivity index (χ0) is 24.6. The maximum Gasteiger partial charge on any atom is 0.143 e. The fourth-order valence-corrected chi connectivity index (χ4v) is 5.36. The van der Waals surface area contributed by atoms with E-state index in [1.54, 1.807) is 0 Å². The van der Waals surface area contributed by atoms with Gasteiger partial charge in [-0.1, -0.05) is 115 Å². The molecule has 37 heavy (non-hydrogen) atoms. The molecule has 0 unspecified atom stereocenters. The van der Waals surface area contributed by atoms with E-state index in [9.17, 15) is 0 Å². The van der Waals surface area contributed by atoms with Crippen LogP contribution in [0.25, 0.3) is 54.6 Å². The fraction of sp³-hybridized carbons (Fsp3) is 0. The van der Waals surface area contributed by atoms with E-state index in [-0.39, 0.29) is 0 Å². The van der Waals surface area contributed by atoms with Crippen LogP contribution in [0.4, 0.5) is 0 Å². The zero-order valence-corrected chi connectivity index (χ0v) is 20.1. The molecular weight excluding hydrogens is 450 g/mol. The molecule has 0 aliphatic heterocycles. The molecule has 6 aromatic carbocycles. The van der Waals surface area contributed by atoms with Crippen molar-refractivity contribution in [2.75, 3.05) is 0 Å². The van der Waals surface area contributed by atoms with Crippen LogP contribution in [-0.4, -0.2) is 4.98 Å². The Balaban J connectivity index is 1.49. The molecule has 0 bridgehead atoms. The van der Waals surface area contributed by atoms with Gasteiger partial charge in [-0.25, -0.2) is 0 Å². The lowest BCUT2D eigenvalue weighted by Crippen LogP contribution is -1.94. The molecule has 1 aromatic heterocycles. The van der Waals surface area contributed by atoms with E-state index in [0.29, 0.717) is 0 Å². The molecule has 0 aliphatic rings. The number of hydrogen-bond donors (Lipinski definition) is 0. The first-order valence-electron chi connectivity index (χ1n) is 12.5. The molecule has 0 amide bonds. The standard InChI is InChI=1S/C35H23NO/c1-2-12-25(13-3-1)34-29-17-6-7-18-30(29)35(31-21-22-36-23-32(31)34)37-33-20-9-8-16-28(33)27-19-10-14-24-11-4-5-15-26(24)27/h1-23H. The second-order valence-corrected chi connectivity index (χ2v) is 9.16. The molecule has 0 radical (unpaired) electrons. The van der Waals surface area contributed by atoms with E-state index in [2.05, 4.69) is 120 Å². The lowest BCUT2D eigenvalue weighted by Gasteiger charge is -2.19. The van der Waals surface area contributed by atoms with Gasteiger partial charge >= 0.3 is 0 Å². The van der Waals surface area contributed by atoms with Gasteiger partial charge < -0.3 is 4.74 Å². The SMILES string of the molecule is c1ccc(-c2c3ccccc3c(Oc3ccccc3-c3cccc4ccccc34)c3ccncc23)cc1. The first-order chi connectivity index (χ1) is 18.4. The summed E-state index contributed by atoms with van der Waals surface area (Å²) in [5.41, 5.74) is 4.57. The summed E-state index contributed by atoms with van der Waals surface area (Å²) >= 11 is 0. The van der Waals surface area contributed by atoms with Crippen molar-refractivity contribution in [2.24, 2.45) is 0 Å². The lowest BCUT2D eigenvalue weighted by atomic mass is 9.92. The third-order valence-corrected chi connectivity index (χ3v) is 7.02. The summed E-state index contributed by atoms with van der Waals surface area (Å²) in [6.45, 7) is 0. The highest BCUT2D eigenvalue weighted by atomic mass is 16.5. The predicted octanol–water partition coefficient (Wildman–Crippen LogP) is 9.67. The number of benzene rings is 6. The van der Waals surface area contributed by atoms with Crippen molar-refractivity contribution in [2.45, 2.75) is 0 Å². The lowest BCUT2D eigenvalue weighted by molar-refractivity contribution is 0.495. The monoisotopic (exact) mass is 473 g/mol. The van der Waals surface area contributed by atoms with Gasteiger partial charge in [-0.2, -0.15) is 0 Å². The van der Waals surface area contributed by atoms with E-state index >= 15 is 0 Å². The van der Waals surface area contributed by atoms with Crippen LogP contribution in [0.15, 0.2) is 140 Å². The van der Waals surface area contributed by atoms with Crippen LogP contribution in [-0.2, 0) is 0 Å². The Morgan fingerprint density at radius 1 is 0.459 bits per heavy atom. The van der Waals surface area contributed by atoms with Crippen molar-refractivity contribution in [3.05, 3.63) is 140 Å². The number of para-hydroxylation sites is 1. The number of hydrogen-bond acceptors (Lipinski definition) is 2. The summed E-state index contributed by atoms with van der Waals surface area (Å²) in [6.07, 6.45) is 3.79. The molecule has 1 heterocycles. The molecule has 174 valence electrons. The fourth-order valence-electron chi connectivity index (χ4n) is 5.36. The van der Waals surface area contributed by atoms with Gasteiger partial charge in [0.25, 0.3) is 0 Å². The second-order valence-electron chi connectivity index (χ2n) is 9.16. The highest BCUT2D eigenvalue weighted by molar-refractivity contribution is 6.16. The predicted molar refractivity (Wildman–Crippen MR) is 154 cm³/mol. The van der Waals surface area contributed by atoms with Crippen LogP contribution in [0.3, 0.4) is 0 Å². The first kappa shape index (κ1) is 21.3. The minimum Gasteiger partial charge on any atom is -0.455 e. The Labute approximate surface area is 215 Å². The van der Waals surface area contributed by atoms with Crippen molar-refractivity contribution in [3.8, 4) is 33.8 Å². The summed E-state index contributed by atoms with van der Waals surface area (Å²) < 4.78 is 6.90. The van der Waals surface area contributed by atoms with Crippen LogP contribution >= 0.6 is 0 Å². The molecule has 7 aromatic rings. The van der Waals surface area contributed by atoms with Gasteiger partial charge in [0.2, 0.25) is 0 Å². The number of ether oxygens (including phenoxy) is 1. The maximum absolute atomic E-state index is 6.90. The summed E-state index contributed by atoms with van der Waals surface area (Å²) in [5, 5.41) is 6.76. The molecule has 0 saturated carbocycles. The van der Waals surface area contributed by atoms with Crippen LogP contribution < -0.4 is 4.74 Å². The molecule has 2 nitrogen and oxygen atoms in total. The molecule has 0 saturated heterocycles. The van der Waals surface area contributed by atoms with Gasteiger partial charge in [0.1, 0.15) is 11.5 Å². The number of rotatable bonds is 4. The van der Waals surface area contributed by atoms with Crippen molar-refractivity contribution in [3.63, 3.8) is 0 Å². The van der Waals surface area contributed by atoms with E-state index in [1.807, 2.05) is 24.5 Å². The number of aromatic nitrogens is 1. The highest BCUT2D eigenvalue weighted by Crippen LogP contribution is 2.46. The third-order valence-electron chi connectivity index (χ3n) is 7.02. The Morgan fingerprint density at radius 3 is 2.00 bits per heavy atom. The van der Waals surface area contributed by atoms with E-state index < -0.39 is 0 Å². The second kappa shape index (κ2) is 8.92. The van der Waals surface area contributed by atoms with Gasteiger partial charge in [-0.3, -0.25) is 4.98 Å². The average molecular weight is 474 g/mol. The third kappa shape index (κ3) is 3.62. The van der Waals surface area contributed by atoms with Crippen LogP contribution in [0.2, 0.25) is 0 Å². The molecule has 0 N–H and O–H groups in total. The van der Waals surface area contributed by atoms with Crippen molar-refractivity contribution in [1.82, 2.24) is 4.98 Å². The van der Waals surface area contributed by atoms with E-state index in [4.69, 9.17) is 4.74 Å². The topological polar surface area (TPSA) is 22.1 Å². The Morgan fingerprint density at radius 2 is 1.11 bits per heavy atom. The molecule has 2 heteroatoms. The quantitative estimate of drug-likeness (QED) is 0.237. The van der Waals surface area contributed by atoms with Crippen molar-refractivity contribution < 1.29 is 4.74 Å². The summed E-state index contributed by atoms with van der Waals surface area (Å²) in [7, 11) is 0. The summed E-state index contributed by atoms with van der Waals surface area (Å²) in [4.78, 5) is 4.50. The van der Waals surface area contributed by atoms with E-state index in [0.717, 1.165) is 44.2 Å². The molecule has 0 aliphatic carbocycles. The first-order valence-corrected chi connectivity index (χ1v) is 12.5. The van der Waals surface area contributed by atoms with Gasteiger partial charge in [-0.15, -0.1) is 0 Å². The maximum atomic E-state index is 6.90. The molecule has 0 fully saturated rings.